The zero-order chi connectivity index (χ0) is 47.3. The van der Waals surface area contributed by atoms with Crippen molar-refractivity contribution in [3.05, 3.63) is 267 Å². The third-order valence-corrected chi connectivity index (χ3v) is 15.2. The molecule has 2 nitrogen and oxygen atoms in total. The molecule has 0 saturated heterocycles. The number of hydrogen-bond acceptors (Lipinski definition) is 0. The van der Waals surface area contributed by atoms with E-state index in [1.165, 1.54) is 131 Å². The van der Waals surface area contributed by atoms with Crippen LogP contribution in [0.2, 0.25) is 0 Å². The van der Waals surface area contributed by atoms with Crippen molar-refractivity contribution in [1.29, 1.82) is 0 Å². The molecule has 0 saturated carbocycles. The van der Waals surface area contributed by atoms with Crippen molar-refractivity contribution in [2.24, 2.45) is 0 Å². The summed E-state index contributed by atoms with van der Waals surface area (Å²) >= 11 is 0. The van der Waals surface area contributed by atoms with Crippen LogP contribution in [-0.4, -0.2) is 9.13 Å². The van der Waals surface area contributed by atoms with E-state index in [0.717, 1.165) is 11.4 Å². The Hall–Kier alpha value is -9.50. The average molecular weight is 913 g/mol. The maximum Gasteiger partial charge on any atom is 0.0541 e. The molecule has 13 aromatic carbocycles. The first-order valence-electron chi connectivity index (χ1n) is 24.9. The molecule has 0 unspecified atom stereocenters. The molecule has 0 spiro atoms. The summed E-state index contributed by atoms with van der Waals surface area (Å²) in [6.07, 6.45) is 0. The van der Waals surface area contributed by atoms with E-state index in [2.05, 4.69) is 276 Å². The van der Waals surface area contributed by atoms with Gasteiger partial charge in [-0.1, -0.05) is 194 Å². The minimum Gasteiger partial charge on any atom is -0.309 e. The molecule has 0 fully saturated rings. The van der Waals surface area contributed by atoms with Gasteiger partial charge in [0.15, 0.2) is 0 Å². The first-order valence-corrected chi connectivity index (χ1v) is 24.9. The number of hydrogen-bond donors (Lipinski definition) is 0. The summed E-state index contributed by atoms with van der Waals surface area (Å²) in [6, 6.07) is 99.1. The summed E-state index contributed by atoms with van der Waals surface area (Å²) in [5, 5.41) is 14.8. The molecule has 2 heterocycles. The van der Waals surface area contributed by atoms with Crippen LogP contribution in [0.4, 0.5) is 0 Å². The van der Waals surface area contributed by atoms with Gasteiger partial charge in [-0.2, -0.15) is 0 Å². The summed E-state index contributed by atoms with van der Waals surface area (Å²) in [4.78, 5) is 0. The third kappa shape index (κ3) is 6.29. The largest absolute Gasteiger partial charge is 0.309 e. The number of para-hydroxylation sites is 4. The quantitative estimate of drug-likeness (QED) is 0.147. The number of rotatable bonds is 6. The van der Waals surface area contributed by atoms with Crippen molar-refractivity contribution in [1.82, 2.24) is 9.13 Å². The molecule has 0 amide bonds. The second-order valence-electron chi connectivity index (χ2n) is 19.2. The smallest absolute Gasteiger partial charge is 0.0541 e. The summed E-state index contributed by atoms with van der Waals surface area (Å²) < 4.78 is 4.91. The predicted octanol–water partition coefficient (Wildman–Crippen LogP) is 19.2. The van der Waals surface area contributed by atoms with Gasteiger partial charge in [0.05, 0.1) is 22.1 Å². The molecule has 0 aliphatic carbocycles. The Morgan fingerprint density at radius 1 is 0.181 bits per heavy atom. The van der Waals surface area contributed by atoms with Crippen LogP contribution in [-0.2, 0) is 0 Å². The fourth-order valence-electron chi connectivity index (χ4n) is 12.0. The van der Waals surface area contributed by atoms with E-state index in [-0.39, 0.29) is 0 Å². The molecular weight excluding hydrogens is 869 g/mol. The molecule has 0 N–H and O–H groups in total. The molecule has 2 aromatic heterocycles. The van der Waals surface area contributed by atoms with Crippen LogP contribution in [0.1, 0.15) is 0 Å². The van der Waals surface area contributed by atoms with Gasteiger partial charge in [-0.15, -0.1) is 0 Å². The van der Waals surface area contributed by atoms with Crippen LogP contribution in [0.3, 0.4) is 0 Å². The van der Waals surface area contributed by atoms with Crippen molar-refractivity contribution in [2.45, 2.75) is 0 Å². The van der Waals surface area contributed by atoms with Crippen molar-refractivity contribution < 1.29 is 0 Å². The second kappa shape index (κ2) is 16.0. The fraction of sp³-hybridized carbons (Fsp3) is 0. The molecular formula is C70H44N2. The van der Waals surface area contributed by atoms with Crippen LogP contribution in [0.5, 0.6) is 0 Å². The molecule has 0 bridgehead atoms. The van der Waals surface area contributed by atoms with E-state index in [0.29, 0.717) is 0 Å². The van der Waals surface area contributed by atoms with Crippen molar-refractivity contribution in [3.8, 4) is 55.9 Å². The summed E-state index contributed by atoms with van der Waals surface area (Å²) in [5.74, 6) is 0. The van der Waals surface area contributed by atoms with Gasteiger partial charge in [0.25, 0.3) is 0 Å². The van der Waals surface area contributed by atoms with Gasteiger partial charge in [0.1, 0.15) is 0 Å². The standard InChI is InChI=1S/C70H44N2/c1-3-17-47-39-51(33-31-45(47)15-1)49-19-13-21-53(41-49)69-61-37-35-56(72-67-29-11-7-25-59(67)60-26-8-12-30-68(60)72)44-64(61)70(54-22-14-20-50(42-54)52-34-32-46-16-2-4-18-48(46)40-52)62-38-36-55(43-63(62)69)71-65-27-9-5-23-57(65)58-24-6-10-28-66(58)71/h1-44H. The monoisotopic (exact) mass is 912 g/mol. The molecule has 72 heavy (non-hydrogen) atoms. The Morgan fingerprint density at radius 3 is 0.917 bits per heavy atom. The third-order valence-electron chi connectivity index (χ3n) is 15.2. The van der Waals surface area contributed by atoms with E-state index in [9.17, 15) is 0 Å². The van der Waals surface area contributed by atoms with Gasteiger partial charge in [-0.05, 0) is 160 Å². The van der Waals surface area contributed by atoms with Gasteiger partial charge in [-0.3, -0.25) is 0 Å². The van der Waals surface area contributed by atoms with Crippen LogP contribution < -0.4 is 0 Å². The Labute approximate surface area is 416 Å². The van der Waals surface area contributed by atoms with E-state index >= 15 is 0 Å². The van der Waals surface area contributed by atoms with E-state index in [4.69, 9.17) is 0 Å². The number of fused-ring (bicyclic) bond motifs is 10. The first kappa shape index (κ1) is 40.4. The first-order chi connectivity index (χ1) is 35.7. The maximum absolute atomic E-state index is 2.46. The van der Waals surface area contributed by atoms with E-state index in [1.807, 2.05) is 0 Å². The van der Waals surface area contributed by atoms with E-state index < -0.39 is 0 Å². The topological polar surface area (TPSA) is 9.86 Å². The normalized spacial score (nSPS) is 11.9. The fourth-order valence-corrected chi connectivity index (χ4v) is 12.0. The summed E-state index contributed by atoms with van der Waals surface area (Å²) in [7, 11) is 0. The van der Waals surface area contributed by atoms with E-state index in [1.54, 1.807) is 0 Å². The molecule has 0 aliphatic heterocycles. The Balaban J connectivity index is 1.06. The highest BCUT2D eigenvalue weighted by Crippen LogP contribution is 2.47. The average Bonchev–Trinajstić information content (AvgIpc) is 3.97. The van der Waals surface area contributed by atoms with Crippen LogP contribution >= 0.6 is 0 Å². The Bertz CT molecular complexity index is 4290. The Morgan fingerprint density at radius 2 is 0.514 bits per heavy atom. The van der Waals surface area contributed by atoms with Gasteiger partial charge >= 0.3 is 0 Å². The molecule has 0 atom stereocenters. The highest BCUT2D eigenvalue weighted by atomic mass is 15.0. The lowest BCUT2D eigenvalue weighted by Crippen LogP contribution is -1.98. The predicted molar refractivity (Wildman–Crippen MR) is 307 cm³/mol. The van der Waals surface area contributed by atoms with Gasteiger partial charge in [0, 0.05) is 32.9 Å². The molecule has 15 rings (SSSR count). The van der Waals surface area contributed by atoms with Crippen LogP contribution in [0.25, 0.3) is 143 Å². The lowest BCUT2D eigenvalue weighted by molar-refractivity contribution is 1.18. The molecule has 334 valence electrons. The zero-order valence-electron chi connectivity index (χ0n) is 39.3. The van der Waals surface area contributed by atoms with Gasteiger partial charge < -0.3 is 9.13 Å². The molecule has 15 aromatic rings. The SMILES string of the molecule is c1cc(-c2ccc3ccccc3c2)cc(-c2c3ccc(-n4c5ccccc5c5ccccc54)cc3c(-c3cccc(-c4ccc5ccccc5c4)c3)c3ccc(-n4c5ccccc5c5ccccc54)cc23)c1. The van der Waals surface area contributed by atoms with Gasteiger partial charge in [0.2, 0.25) is 0 Å². The van der Waals surface area contributed by atoms with Crippen molar-refractivity contribution in [3.63, 3.8) is 0 Å². The van der Waals surface area contributed by atoms with Crippen LogP contribution in [0, 0.1) is 0 Å². The summed E-state index contributed by atoms with van der Waals surface area (Å²) in [6.45, 7) is 0. The number of benzene rings is 13. The highest BCUT2D eigenvalue weighted by molar-refractivity contribution is 6.23. The second-order valence-corrected chi connectivity index (χ2v) is 19.2. The lowest BCUT2D eigenvalue weighted by Gasteiger charge is -2.21. The minimum absolute atomic E-state index is 1.13. The molecule has 0 aliphatic rings. The summed E-state index contributed by atoms with van der Waals surface area (Å²) in [5.41, 5.74) is 16.6. The highest BCUT2D eigenvalue weighted by Gasteiger charge is 2.22. The van der Waals surface area contributed by atoms with Crippen molar-refractivity contribution in [2.75, 3.05) is 0 Å². The minimum atomic E-state index is 1.13. The lowest BCUT2D eigenvalue weighted by atomic mass is 9.84. The number of nitrogens with zero attached hydrogens (tertiary/aromatic N) is 2. The Kier molecular flexibility index (Phi) is 8.99. The zero-order valence-corrected chi connectivity index (χ0v) is 39.3. The van der Waals surface area contributed by atoms with Crippen molar-refractivity contribution >= 4 is 86.7 Å². The maximum atomic E-state index is 2.46. The molecule has 2 heteroatoms. The number of aromatic nitrogens is 2. The van der Waals surface area contributed by atoms with Gasteiger partial charge in [-0.25, -0.2) is 0 Å². The van der Waals surface area contributed by atoms with Crippen LogP contribution in [0.15, 0.2) is 267 Å². The molecule has 0 radical (unpaired) electrons.